The largest absolute Gasteiger partial charge is 0.480 e. The van der Waals surface area contributed by atoms with Gasteiger partial charge >= 0.3 is 5.97 Å². The molecule has 0 fully saturated rings. The molecular formula is C11H15N5O2. The molecule has 0 bridgehead atoms. The lowest BCUT2D eigenvalue weighted by atomic mass is 9.96. The third kappa shape index (κ3) is 2.39. The molecule has 0 unspecified atom stereocenters. The van der Waals surface area contributed by atoms with Crippen LogP contribution in [0, 0.1) is 0 Å². The molecule has 0 aliphatic heterocycles. The molecule has 96 valence electrons. The number of hydrogen-bond donors (Lipinski definition) is 2. The maximum absolute atomic E-state index is 10.5. The van der Waals surface area contributed by atoms with Crippen molar-refractivity contribution < 1.29 is 9.90 Å². The van der Waals surface area contributed by atoms with Crippen LogP contribution >= 0.6 is 0 Å². The molecule has 0 atom stereocenters. The fourth-order valence-corrected chi connectivity index (χ4v) is 1.52. The van der Waals surface area contributed by atoms with Crippen molar-refractivity contribution in [3.05, 3.63) is 18.0 Å². The number of carbonyl (C=O) groups is 1. The van der Waals surface area contributed by atoms with Gasteiger partial charge in [-0.15, -0.1) is 15.3 Å². The van der Waals surface area contributed by atoms with E-state index in [-0.39, 0.29) is 12.0 Å². The first-order valence-corrected chi connectivity index (χ1v) is 5.56. The molecule has 7 heteroatoms. The summed E-state index contributed by atoms with van der Waals surface area (Å²) in [7, 11) is 0. The Morgan fingerprint density at radius 1 is 1.39 bits per heavy atom. The zero-order valence-corrected chi connectivity index (χ0v) is 10.5. The molecule has 7 nitrogen and oxygen atoms in total. The summed E-state index contributed by atoms with van der Waals surface area (Å²) < 4.78 is 1.63. The van der Waals surface area contributed by atoms with Crippen molar-refractivity contribution in [1.82, 2.24) is 19.8 Å². The molecule has 0 aliphatic rings. The highest BCUT2D eigenvalue weighted by atomic mass is 16.4. The van der Waals surface area contributed by atoms with E-state index in [0.717, 1.165) is 5.82 Å². The molecule has 2 rings (SSSR count). The summed E-state index contributed by atoms with van der Waals surface area (Å²) in [6.45, 7) is 5.87. The number of aromatic nitrogens is 4. The lowest BCUT2D eigenvalue weighted by Gasteiger charge is -2.15. The van der Waals surface area contributed by atoms with Crippen molar-refractivity contribution in [2.24, 2.45) is 0 Å². The number of nitrogens with one attached hydrogen (secondary N) is 1. The first kappa shape index (κ1) is 12.3. The van der Waals surface area contributed by atoms with Crippen molar-refractivity contribution in [2.45, 2.75) is 26.2 Å². The average molecular weight is 249 g/mol. The molecule has 0 amide bonds. The van der Waals surface area contributed by atoms with Gasteiger partial charge in [-0.25, -0.2) is 0 Å². The Hall–Kier alpha value is -2.18. The first-order chi connectivity index (χ1) is 8.38. The van der Waals surface area contributed by atoms with E-state index >= 15 is 0 Å². The van der Waals surface area contributed by atoms with Gasteiger partial charge in [-0.1, -0.05) is 20.8 Å². The molecular weight excluding hydrogens is 234 g/mol. The van der Waals surface area contributed by atoms with Crippen LogP contribution in [0.5, 0.6) is 0 Å². The highest BCUT2D eigenvalue weighted by Gasteiger charge is 2.21. The number of aliphatic carboxylic acids is 1. The second-order valence-corrected chi connectivity index (χ2v) is 5.01. The fourth-order valence-electron chi connectivity index (χ4n) is 1.52. The van der Waals surface area contributed by atoms with E-state index in [0.29, 0.717) is 11.5 Å². The Bertz CT molecular complexity index is 585. The van der Waals surface area contributed by atoms with Crippen molar-refractivity contribution in [3.63, 3.8) is 0 Å². The van der Waals surface area contributed by atoms with Crippen LogP contribution in [0.25, 0.3) is 5.65 Å². The van der Waals surface area contributed by atoms with Gasteiger partial charge in [0.15, 0.2) is 11.5 Å². The average Bonchev–Trinajstić information content (AvgIpc) is 2.68. The maximum Gasteiger partial charge on any atom is 0.322 e. The molecule has 0 saturated carbocycles. The van der Waals surface area contributed by atoms with Gasteiger partial charge in [0.05, 0.1) is 0 Å². The van der Waals surface area contributed by atoms with Gasteiger partial charge in [0.25, 0.3) is 0 Å². The molecule has 0 spiro atoms. The minimum absolute atomic E-state index is 0.175. The summed E-state index contributed by atoms with van der Waals surface area (Å²) in [5.74, 6) is 0.281. The molecule has 2 N–H and O–H groups in total. The van der Waals surface area contributed by atoms with Crippen LogP contribution in [0.1, 0.15) is 26.6 Å². The van der Waals surface area contributed by atoms with Crippen LogP contribution in [0.15, 0.2) is 12.1 Å². The Kier molecular flexibility index (Phi) is 2.90. The van der Waals surface area contributed by atoms with E-state index in [4.69, 9.17) is 5.11 Å². The highest BCUT2D eigenvalue weighted by molar-refractivity contribution is 5.72. The van der Waals surface area contributed by atoms with Gasteiger partial charge in [0.1, 0.15) is 12.4 Å². The normalized spacial score (nSPS) is 11.7. The minimum Gasteiger partial charge on any atom is -0.480 e. The third-order valence-electron chi connectivity index (χ3n) is 2.35. The van der Waals surface area contributed by atoms with Gasteiger partial charge < -0.3 is 10.4 Å². The van der Waals surface area contributed by atoms with Crippen LogP contribution in [-0.4, -0.2) is 37.4 Å². The van der Waals surface area contributed by atoms with E-state index in [9.17, 15) is 4.79 Å². The fraction of sp³-hybridized carbons (Fsp3) is 0.455. The van der Waals surface area contributed by atoms with Crippen molar-refractivity contribution in [1.29, 1.82) is 0 Å². The summed E-state index contributed by atoms with van der Waals surface area (Å²) >= 11 is 0. The van der Waals surface area contributed by atoms with E-state index in [1.165, 1.54) is 0 Å². The predicted octanol–water partition coefficient (Wildman–Crippen LogP) is 0.918. The smallest absolute Gasteiger partial charge is 0.322 e. The second kappa shape index (κ2) is 4.25. The summed E-state index contributed by atoms with van der Waals surface area (Å²) in [4.78, 5) is 10.5. The number of rotatable bonds is 3. The number of carboxylic acid groups (broad SMARTS) is 1. The highest BCUT2D eigenvalue weighted by Crippen LogP contribution is 2.20. The molecule has 2 aromatic heterocycles. The van der Waals surface area contributed by atoms with Crippen LogP contribution in [0.2, 0.25) is 0 Å². The van der Waals surface area contributed by atoms with E-state index in [1.54, 1.807) is 16.6 Å². The minimum atomic E-state index is -0.934. The summed E-state index contributed by atoms with van der Waals surface area (Å²) in [6, 6.07) is 3.43. The quantitative estimate of drug-likeness (QED) is 0.840. The summed E-state index contributed by atoms with van der Waals surface area (Å²) in [5.41, 5.74) is 0.457. The molecule has 18 heavy (non-hydrogen) atoms. The Morgan fingerprint density at radius 2 is 2.11 bits per heavy atom. The van der Waals surface area contributed by atoms with Crippen molar-refractivity contribution >= 4 is 17.4 Å². The van der Waals surface area contributed by atoms with Crippen LogP contribution < -0.4 is 5.32 Å². The number of fused-ring (bicyclic) bond motifs is 1. The number of hydrogen-bond acceptors (Lipinski definition) is 5. The molecule has 0 saturated heterocycles. The van der Waals surface area contributed by atoms with Gasteiger partial charge in [-0.2, -0.15) is 4.52 Å². The summed E-state index contributed by atoms with van der Waals surface area (Å²) in [5, 5.41) is 23.8. The van der Waals surface area contributed by atoms with E-state index in [1.807, 2.05) is 20.8 Å². The maximum atomic E-state index is 10.5. The monoisotopic (exact) mass is 249 g/mol. The molecule has 0 aromatic carbocycles. The van der Waals surface area contributed by atoms with Crippen molar-refractivity contribution in [2.75, 3.05) is 11.9 Å². The molecule has 0 radical (unpaired) electrons. The zero-order chi connectivity index (χ0) is 13.3. The zero-order valence-electron chi connectivity index (χ0n) is 10.5. The Labute approximate surface area is 104 Å². The molecule has 2 heterocycles. The standard InChI is InChI=1S/C11H15N5O2/c1-11(2,3)10-14-13-8-5-4-7(15-16(8)10)12-6-9(17)18/h4-5H,6H2,1-3H3,(H,12,15)(H,17,18). The SMILES string of the molecule is CC(C)(C)c1nnc2ccc(NCC(=O)O)nn12. The Morgan fingerprint density at radius 3 is 2.72 bits per heavy atom. The van der Waals surface area contributed by atoms with Gasteiger partial charge in [0, 0.05) is 5.41 Å². The van der Waals surface area contributed by atoms with Crippen molar-refractivity contribution in [3.8, 4) is 0 Å². The predicted molar refractivity (Wildman–Crippen MR) is 65.6 cm³/mol. The number of anilines is 1. The van der Waals surface area contributed by atoms with E-state index in [2.05, 4.69) is 20.6 Å². The van der Waals surface area contributed by atoms with E-state index < -0.39 is 5.97 Å². The van der Waals surface area contributed by atoms with Crippen LogP contribution in [0.4, 0.5) is 5.82 Å². The van der Waals surface area contributed by atoms with Gasteiger partial charge in [0.2, 0.25) is 0 Å². The first-order valence-electron chi connectivity index (χ1n) is 5.56. The van der Waals surface area contributed by atoms with Crippen LogP contribution in [0.3, 0.4) is 0 Å². The number of nitrogens with zero attached hydrogens (tertiary/aromatic N) is 4. The lowest BCUT2D eigenvalue weighted by Crippen LogP contribution is -2.18. The number of carboxylic acids is 1. The third-order valence-corrected chi connectivity index (χ3v) is 2.35. The Balaban J connectivity index is 2.39. The summed E-state index contributed by atoms with van der Waals surface area (Å²) in [6.07, 6.45) is 0. The van der Waals surface area contributed by atoms with Crippen LogP contribution in [-0.2, 0) is 10.2 Å². The topological polar surface area (TPSA) is 92.4 Å². The lowest BCUT2D eigenvalue weighted by molar-refractivity contribution is -0.134. The van der Waals surface area contributed by atoms with Gasteiger partial charge in [-0.3, -0.25) is 4.79 Å². The van der Waals surface area contributed by atoms with Gasteiger partial charge in [-0.05, 0) is 12.1 Å². The second-order valence-electron chi connectivity index (χ2n) is 5.01. The molecule has 0 aliphatic carbocycles. The molecule has 2 aromatic rings.